The van der Waals surface area contributed by atoms with E-state index in [0.717, 1.165) is 25.3 Å². The maximum absolute atomic E-state index is 12.5. The third kappa shape index (κ3) is 4.35. The van der Waals surface area contributed by atoms with Crippen molar-refractivity contribution in [3.63, 3.8) is 0 Å². The van der Waals surface area contributed by atoms with Crippen molar-refractivity contribution in [3.05, 3.63) is 0 Å². The van der Waals surface area contributed by atoms with Gasteiger partial charge in [-0.1, -0.05) is 19.8 Å². The van der Waals surface area contributed by atoms with Crippen molar-refractivity contribution in [3.8, 4) is 0 Å². The Labute approximate surface area is 123 Å². The van der Waals surface area contributed by atoms with Crippen LogP contribution in [0.15, 0.2) is 0 Å². The van der Waals surface area contributed by atoms with Crippen LogP contribution in [0.1, 0.15) is 52.4 Å². The molecule has 19 heavy (non-hydrogen) atoms. The zero-order valence-corrected chi connectivity index (χ0v) is 13.3. The van der Waals surface area contributed by atoms with E-state index < -0.39 is 0 Å². The van der Waals surface area contributed by atoms with Crippen LogP contribution in [-0.2, 0) is 4.79 Å². The zero-order chi connectivity index (χ0) is 13.1. The van der Waals surface area contributed by atoms with Gasteiger partial charge in [0.25, 0.3) is 0 Å². The summed E-state index contributed by atoms with van der Waals surface area (Å²) in [7, 11) is 2.03. The largest absolute Gasteiger partial charge is 0.343 e. The number of nitrogens with one attached hydrogen (secondary N) is 1. The summed E-state index contributed by atoms with van der Waals surface area (Å²) >= 11 is 0. The van der Waals surface area contributed by atoms with Gasteiger partial charge in [-0.05, 0) is 45.1 Å². The van der Waals surface area contributed by atoms with Crippen LogP contribution in [0, 0.1) is 11.8 Å². The number of amides is 1. The van der Waals surface area contributed by atoms with Crippen molar-refractivity contribution in [2.75, 3.05) is 13.6 Å². The first kappa shape index (κ1) is 16.8. The molecule has 0 aromatic carbocycles. The fourth-order valence-electron chi connectivity index (χ4n) is 3.58. The van der Waals surface area contributed by atoms with Crippen molar-refractivity contribution in [2.24, 2.45) is 11.8 Å². The van der Waals surface area contributed by atoms with Crippen LogP contribution in [0.25, 0.3) is 0 Å². The number of rotatable bonds is 2. The maximum Gasteiger partial charge on any atom is 0.225 e. The van der Waals surface area contributed by atoms with Crippen LogP contribution in [0.5, 0.6) is 0 Å². The number of piperidine rings is 1. The molecule has 2 fully saturated rings. The van der Waals surface area contributed by atoms with Crippen LogP contribution in [0.3, 0.4) is 0 Å². The van der Waals surface area contributed by atoms with Gasteiger partial charge < -0.3 is 10.2 Å². The van der Waals surface area contributed by atoms with E-state index in [9.17, 15) is 4.79 Å². The molecule has 1 aliphatic heterocycles. The Morgan fingerprint density at radius 2 is 1.89 bits per heavy atom. The maximum atomic E-state index is 12.5. The highest BCUT2D eigenvalue weighted by molar-refractivity contribution is 5.85. The second-order valence-electron chi connectivity index (χ2n) is 6.45. The lowest BCUT2D eigenvalue weighted by Gasteiger charge is -2.37. The predicted octanol–water partition coefficient (Wildman–Crippen LogP) is 2.83. The summed E-state index contributed by atoms with van der Waals surface area (Å²) in [5, 5.41) is 3.42. The molecule has 1 saturated heterocycles. The molecular formula is C15H29ClN2O. The Bertz CT molecular complexity index is 298. The molecule has 2 rings (SSSR count). The normalized spacial score (nSPS) is 35.3. The third-order valence-corrected chi connectivity index (χ3v) is 4.78. The highest BCUT2D eigenvalue weighted by Crippen LogP contribution is 2.28. The minimum absolute atomic E-state index is 0. The highest BCUT2D eigenvalue weighted by atomic mass is 35.5. The molecule has 0 aromatic rings. The quantitative estimate of drug-likeness (QED) is 0.847. The Morgan fingerprint density at radius 3 is 2.53 bits per heavy atom. The van der Waals surface area contributed by atoms with E-state index in [1.807, 2.05) is 7.05 Å². The lowest BCUT2D eigenvalue weighted by molar-refractivity contribution is -0.138. The fourth-order valence-corrected chi connectivity index (χ4v) is 3.58. The molecule has 1 heterocycles. The monoisotopic (exact) mass is 288 g/mol. The van der Waals surface area contributed by atoms with Crippen LogP contribution < -0.4 is 5.32 Å². The van der Waals surface area contributed by atoms with Crippen LogP contribution in [0.4, 0.5) is 0 Å². The molecule has 3 nitrogen and oxygen atoms in total. The lowest BCUT2D eigenvalue weighted by atomic mass is 9.85. The van der Waals surface area contributed by atoms with Gasteiger partial charge >= 0.3 is 0 Å². The van der Waals surface area contributed by atoms with E-state index >= 15 is 0 Å². The van der Waals surface area contributed by atoms with Crippen molar-refractivity contribution in [1.29, 1.82) is 0 Å². The number of carbonyl (C=O) groups is 1. The van der Waals surface area contributed by atoms with Gasteiger partial charge in [-0.15, -0.1) is 12.4 Å². The van der Waals surface area contributed by atoms with Crippen LogP contribution in [0.2, 0.25) is 0 Å². The van der Waals surface area contributed by atoms with Gasteiger partial charge in [0.05, 0.1) is 0 Å². The van der Waals surface area contributed by atoms with Gasteiger partial charge in [0.1, 0.15) is 0 Å². The molecule has 0 bridgehead atoms. The first-order chi connectivity index (χ1) is 8.58. The third-order valence-electron chi connectivity index (χ3n) is 4.78. The Hall–Kier alpha value is -0.280. The molecular weight excluding hydrogens is 260 g/mol. The number of halogens is 1. The molecule has 4 atom stereocenters. The van der Waals surface area contributed by atoms with E-state index in [0.29, 0.717) is 18.0 Å². The molecule has 112 valence electrons. The SMILES string of the molecule is CC1CCCC(N(C)C(=O)[C@H]2CCN[C@@H](C)C2)C1.Cl. The number of carbonyl (C=O) groups excluding carboxylic acids is 1. The summed E-state index contributed by atoms with van der Waals surface area (Å²) in [5.74, 6) is 1.43. The van der Waals surface area contributed by atoms with E-state index in [1.165, 1.54) is 25.7 Å². The van der Waals surface area contributed by atoms with Gasteiger partial charge in [0, 0.05) is 25.0 Å². The summed E-state index contributed by atoms with van der Waals surface area (Å²) in [6.45, 7) is 5.49. The summed E-state index contributed by atoms with van der Waals surface area (Å²) < 4.78 is 0. The summed E-state index contributed by atoms with van der Waals surface area (Å²) in [6, 6.07) is 0.984. The summed E-state index contributed by atoms with van der Waals surface area (Å²) in [5.41, 5.74) is 0. The Balaban J connectivity index is 0.00000180. The van der Waals surface area contributed by atoms with E-state index in [4.69, 9.17) is 0 Å². The molecule has 1 aliphatic carbocycles. The van der Waals surface area contributed by atoms with Gasteiger partial charge in [-0.25, -0.2) is 0 Å². The second-order valence-corrected chi connectivity index (χ2v) is 6.45. The molecule has 4 heteroatoms. The number of hydrogen-bond acceptors (Lipinski definition) is 2. The Kier molecular flexibility index (Phi) is 6.61. The molecule has 1 saturated carbocycles. The fraction of sp³-hybridized carbons (Fsp3) is 0.933. The smallest absolute Gasteiger partial charge is 0.225 e. The van der Waals surface area contributed by atoms with Crippen molar-refractivity contribution in [1.82, 2.24) is 10.2 Å². The molecule has 1 amide bonds. The highest BCUT2D eigenvalue weighted by Gasteiger charge is 2.31. The number of nitrogens with zero attached hydrogens (tertiary/aromatic N) is 1. The van der Waals surface area contributed by atoms with E-state index in [1.54, 1.807) is 0 Å². The molecule has 2 unspecified atom stereocenters. The van der Waals surface area contributed by atoms with Crippen LogP contribution in [-0.4, -0.2) is 36.5 Å². The molecule has 0 spiro atoms. The van der Waals surface area contributed by atoms with E-state index in [-0.39, 0.29) is 18.3 Å². The topological polar surface area (TPSA) is 32.3 Å². The van der Waals surface area contributed by atoms with Crippen LogP contribution >= 0.6 is 12.4 Å². The number of hydrogen-bond donors (Lipinski definition) is 1. The van der Waals surface area contributed by atoms with Crippen molar-refractivity contribution < 1.29 is 4.79 Å². The average Bonchev–Trinajstić information content (AvgIpc) is 2.37. The predicted molar refractivity (Wildman–Crippen MR) is 81.6 cm³/mol. The molecule has 0 radical (unpaired) electrons. The minimum Gasteiger partial charge on any atom is -0.343 e. The Morgan fingerprint density at radius 1 is 1.16 bits per heavy atom. The first-order valence-electron chi connectivity index (χ1n) is 7.58. The van der Waals surface area contributed by atoms with Gasteiger partial charge in [0.15, 0.2) is 0 Å². The zero-order valence-electron chi connectivity index (χ0n) is 12.5. The van der Waals surface area contributed by atoms with E-state index in [2.05, 4.69) is 24.1 Å². The van der Waals surface area contributed by atoms with Crippen molar-refractivity contribution in [2.45, 2.75) is 64.5 Å². The summed E-state index contributed by atoms with van der Waals surface area (Å²) in [4.78, 5) is 14.6. The first-order valence-corrected chi connectivity index (χ1v) is 7.58. The standard InChI is InChI=1S/C15H28N2O.ClH/c1-11-5-4-6-14(9-11)17(3)15(18)13-7-8-16-12(2)10-13;/h11-14,16H,4-10H2,1-3H3;1H/t11?,12-,13-,14?;/m0./s1. The van der Waals surface area contributed by atoms with Gasteiger partial charge in [-0.2, -0.15) is 0 Å². The van der Waals surface area contributed by atoms with Crippen molar-refractivity contribution >= 4 is 18.3 Å². The molecule has 1 N–H and O–H groups in total. The lowest BCUT2D eigenvalue weighted by Crippen LogP contribution is -2.47. The molecule has 0 aromatic heterocycles. The second kappa shape index (κ2) is 7.49. The van der Waals surface area contributed by atoms with Gasteiger partial charge in [0.2, 0.25) is 5.91 Å². The minimum atomic E-state index is 0. The van der Waals surface area contributed by atoms with Gasteiger partial charge in [-0.3, -0.25) is 4.79 Å². The summed E-state index contributed by atoms with van der Waals surface area (Å²) in [6.07, 6.45) is 7.03. The average molecular weight is 289 g/mol. The molecule has 2 aliphatic rings.